The number of rotatable bonds is 6. The van der Waals surface area contributed by atoms with E-state index >= 15 is 0 Å². The Bertz CT molecular complexity index is 991. The molecule has 0 saturated heterocycles. The largest absolute Gasteiger partial charge is 0.334 e. The summed E-state index contributed by atoms with van der Waals surface area (Å²) in [5.74, 6) is 0.0190. The molecule has 1 aromatic carbocycles. The Labute approximate surface area is 204 Å². The quantitative estimate of drug-likeness (QED) is 0.599. The lowest BCUT2D eigenvalue weighted by atomic mass is 9.85. The van der Waals surface area contributed by atoms with Crippen LogP contribution in [-0.2, 0) is 11.3 Å². The number of nitrogens with one attached hydrogen (secondary N) is 1. The van der Waals surface area contributed by atoms with Gasteiger partial charge in [0, 0.05) is 35.3 Å². The number of halogens is 1. The number of carbonyl (C=O) groups excluding carboxylic acids is 2. The zero-order valence-corrected chi connectivity index (χ0v) is 20.6. The van der Waals surface area contributed by atoms with Crippen molar-refractivity contribution in [3.8, 4) is 0 Å². The summed E-state index contributed by atoms with van der Waals surface area (Å²) >= 11 is 7.64. The third-order valence-electron chi connectivity index (χ3n) is 6.92. The summed E-state index contributed by atoms with van der Waals surface area (Å²) in [6.45, 7) is 2.16. The zero-order chi connectivity index (χ0) is 23.4. The molecule has 1 heterocycles. The zero-order valence-electron chi connectivity index (χ0n) is 19.1. The minimum Gasteiger partial charge on any atom is -0.334 e. The van der Waals surface area contributed by atoms with Gasteiger partial charge in [0.15, 0.2) is 0 Å². The van der Waals surface area contributed by atoms with Gasteiger partial charge in [-0.25, -0.2) is 0 Å². The minimum absolute atomic E-state index is 0.0187. The second kappa shape index (κ2) is 10.9. The van der Waals surface area contributed by atoms with E-state index in [-0.39, 0.29) is 29.8 Å². The molecule has 3 N–H and O–H groups in total. The molecule has 1 aromatic heterocycles. The Morgan fingerprint density at radius 1 is 1.15 bits per heavy atom. The van der Waals surface area contributed by atoms with E-state index in [2.05, 4.69) is 14.9 Å². The third-order valence-corrected chi connectivity index (χ3v) is 8.12. The Morgan fingerprint density at radius 3 is 2.58 bits per heavy atom. The van der Waals surface area contributed by atoms with Crippen LogP contribution in [0.2, 0.25) is 5.02 Å². The monoisotopic (exact) mass is 489 g/mol. The minimum atomic E-state index is -0.250. The van der Waals surface area contributed by atoms with Crippen molar-refractivity contribution < 1.29 is 9.59 Å². The first-order valence-electron chi connectivity index (χ1n) is 11.9. The summed E-state index contributed by atoms with van der Waals surface area (Å²) in [6, 6.07) is 5.41. The highest BCUT2D eigenvalue weighted by molar-refractivity contribution is 7.08. The van der Waals surface area contributed by atoms with Crippen LogP contribution < -0.4 is 11.1 Å². The first-order chi connectivity index (χ1) is 15.9. The standard InChI is InChI=1S/C24H32ClN5O2S/c1-15-22(33-29-28-15)23(31)27-18-11-12-19(25)17(13-18)14-30(21-10-6-5-9-20(21)26)24(32)16-7-3-2-4-8-16/h11-13,16,20-21H,2-10,14,26H2,1H3,(H,27,31). The van der Waals surface area contributed by atoms with Gasteiger partial charge >= 0.3 is 0 Å². The molecular formula is C24H32ClN5O2S. The summed E-state index contributed by atoms with van der Waals surface area (Å²) in [4.78, 5) is 28.8. The lowest BCUT2D eigenvalue weighted by Gasteiger charge is -2.41. The molecule has 7 nitrogen and oxygen atoms in total. The van der Waals surface area contributed by atoms with Crippen LogP contribution in [0.4, 0.5) is 5.69 Å². The van der Waals surface area contributed by atoms with Gasteiger partial charge in [-0.3, -0.25) is 9.59 Å². The van der Waals surface area contributed by atoms with Gasteiger partial charge in [0.2, 0.25) is 5.91 Å². The molecule has 2 atom stereocenters. The fraction of sp³-hybridized carbons (Fsp3) is 0.583. The Balaban J connectivity index is 1.57. The molecule has 178 valence electrons. The number of aromatic nitrogens is 2. The van der Waals surface area contributed by atoms with E-state index in [0.717, 1.165) is 68.5 Å². The summed E-state index contributed by atoms with van der Waals surface area (Å²) in [6.07, 6.45) is 9.36. The highest BCUT2D eigenvalue weighted by atomic mass is 35.5. The molecule has 0 spiro atoms. The van der Waals surface area contributed by atoms with Gasteiger partial charge in [-0.2, -0.15) is 0 Å². The molecule has 0 aliphatic heterocycles. The fourth-order valence-electron chi connectivity index (χ4n) is 5.05. The average Bonchev–Trinajstić information content (AvgIpc) is 3.26. The number of hydrogen-bond acceptors (Lipinski definition) is 6. The summed E-state index contributed by atoms with van der Waals surface area (Å²) in [7, 11) is 0. The van der Waals surface area contributed by atoms with Crippen LogP contribution in [0.15, 0.2) is 18.2 Å². The van der Waals surface area contributed by atoms with Crippen molar-refractivity contribution in [1.29, 1.82) is 0 Å². The molecule has 2 fully saturated rings. The van der Waals surface area contributed by atoms with E-state index in [0.29, 0.717) is 27.8 Å². The molecule has 2 aromatic rings. The molecule has 9 heteroatoms. The summed E-state index contributed by atoms with van der Waals surface area (Å²) in [5.41, 5.74) is 8.55. The van der Waals surface area contributed by atoms with Crippen LogP contribution in [-0.4, -0.2) is 38.4 Å². The summed E-state index contributed by atoms with van der Waals surface area (Å²) in [5, 5.41) is 7.39. The number of hydrogen-bond donors (Lipinski definition) is 2. The van der Waals surface area contributed by atoms with Gasteiger partial charge in [0.05, 0.1) is 5.69 Å². The van der Waals surface area contributed by atoms with E-state index in [1.165, 1.54) is 6.42 Å². The highest BCUT2D eigenvalue weighted by Crippen LogP contribution is 2.32. The molecule has 2 aliphatic rings. The molecule has 33 heavy (non-hydrogen) atoms. The van der Waals surface area contributed by atoms with E-state index < -0.39 is 0 Å². The van der Waals surface area contributed by atoms with Crippen molar-refractivity contribution in [3.63, 3.8) is 0 Å². The van der Waals surface area contributed by atoms with Crippen LogP contribution >= 0.6 is 23.1 Å². The van der Waals surface area contributed by atoms with E-state index in [1.54, 1.807) is 19.1 Å². The lowest BCUT2D eigenvalue weighted by Crippen LogP contribution is -2.53. The van der Waals surface area contributed by atoms with Crippen molar-refractivity contribution >= 4 is 40.6 Å². The van der Waals surface area contributed by atoms with Crippen molar-refractivity contribution in [1.82, 2.24) is 14.5 Å². The maximum absolute atomic E-state index is 13.7. The molecule has 4 rings (SSSR count). The van der Waals surface area contributed by atoms with Crippen LogP contribution in [0.3, 0.4) is 0 Å². The van der Waals surface area contributed by atoms with Crippen molar-refractivity contribution in [3.05, 3.63) is 39.4 Å². The Kier molecular flexibility index (Phi) is 7.98. The third kappa shape index (κ3) is 5.73. The van der Waals surface area contributed by atoms with Crippen LogP contribution in [0, 0.1) is 12.8 Å². The maximum Gasteiger partial charge on any atom is 0.269 e. The second-order valence-electron chi connectivity index (χ2n) is 9.26. The number of aryl methyl sites for hydroxylation is 1. The highest BCUT2D eigenvalue weighted by Gasteiger charge is 2.35. The number of benzene rings is 1. The second-order valence-corrected chi connectivity index (χ2v) is 10.4. The summed E-state index contributed by atoms with van der Waals surface area (Å²) < 4.78 is 3.83. The molecule has 2 amide bonds. The van der Waals surface area contributed by atoms with E-state index in [1.807, 2.05) is 11.0 Å². The molecule has 0 radical (unpaired) electrons. The fourth-order valence-corrected chi connectivity index (χ4v) is 5.78. The normalized spacial score (nSPS) is 21.5. The van der Waals surface area contributed by atoms with Crippen LogP contribution in [0.5, 0.6) is 0 Å². The van der Waals surface area contributed by atoms with Gasteiger partial charge in [-0.15, -0.1) is 5.10 Å². The van der Waals surface area contributed by atoms with Gasteiger partial charge < -0.3 is 16.0 Å². The van der Waals surface area contributed by atoms with Crippen LogP contribution in [0.25, 0.3) is 0 Å². The number of anilines is 1. The maximum atomic E-state index is 13.7. The molecule has 2 unspecified atom stereocenters. The number of amides is 2. The van der Waals surface area contributed by atoms with Gasteiger partial charge in [-0.05, 0) is 67.9 Å². The number of nitrogens with zero attached hydrogens (tertiary/aromatic N) is 3. The van der Waals surface area contributed by atoms with Crippen molar-refractivity contribution in [2.24, 2.45) is 11.7 Å². The van der Waals surface area contributed by atoms with E-state index in [4.69, 9.17) is 17.3 Å². The molecule has 2 saturated carbocycles. The van der Waals surface area contributed by atoms with Crippen LogP contribution in [0.1, 0.15) is 78.7 Å². The molecule has 2 aliphatic carbocycles. The SMILES string of the molecule is Cc1nnsc1C(=O)Nc1ccc(Cl)c(CN(C(=O)C2CCCCC2)C2CCCCC2N)c1. The molecular weight excluding hydrogens is 458 g/mol. The number of nitrogens with two attached hydrogens (primary N) is 1. The lowest BCUT2D eigenvalue weighted by molar-refractivity contribution is -0.141. The van der Waals surface area contributed by atoms with Crippen molar-refractivity contribution in [2.75, 3.05) is 5.32 Å². The average molecular weight is 490 g/mol. The predicted molar refractivity (Wildman–Crippen MR) is 131 cm³/mol. The topological polar surface area (TPSA) is 101 Å². The first-order valence-corrected chi connectivity index (χ1v) is 13.0. The van der Waals surface area contributed by atoms with Gasteiger partial charge in [-0.1, -0.05) is 48.2 Å². The Morgan fingerprint density at radius 2 is 1.88 bits per heavy atom. The van der Waals surface area contributed by atoms with E-state index in [9.17, 15) is 9.59 Å². The van der Waals surface area contributed by atoms with Crippen molar-refractivity contribution in [2.45, 2.75) is 83.3 Å². The Hall–Kier alpha value is -2.03. The number of carbonyl (C=O) groups is 2. The predicted octanol–water partition coefficient (Wildman–Crippen LogP) is 4.93. The molecule has 0 bridgehead atoms. The first kappa shape index (κ1) is 24.1. The van der Waals surface area contributed by atoms with Gasteiger partial charge in [0.1, 0.15) is 4.88 Å². The van der Waals surface area contributed by atoms with Gasteiger partial charge in [0.25, 0.3) is 5.91 Å². The smallest absolute Gasteiger partial charge is 0.269 e.